The zero-order chi connectivity index (χ0) is 14.5. The Morgan fingerprint density at radius 1 is 1.25 bits per heavy atom. The monoisotopic (exact) mass is 351 g/mol. The number of benzene rings is 2. The van der Waals surface area contributed by atoms with E-state index in [1.807, 2.05) is 49.4 Å². The van der Waals surface area contributed by atoms with E-state index >= 15 is 0 Å². The van der Waals surface area contributed by atoms with E-state index in [0.717, 1.165) is 16.5 Å². The van der Waals surface area contributed by atoms with Gasteiger partial charge in [-0.1, -0.05) is 35.9 Å². The highest BCUT2D eigenvalue weighted by atomic mass is 79.9. The Kier molecular flexibility index (Phi) is 5.21. The van der Waals surface area contributed by atoms with Crippen molar-refractivity contribution in [2.24, 2.45) is 0 Å². The van der Waals surface area contributed by atoms with Crippen LogP contribution in [-0.2, 0) is 6.42 Å². The van der Waals surface area contributed by atoms with Gasteiger partial charge in [-0.3, -0.25) is 4.79 Å². The Morgan fingerprint density at radius 2 is 2.00 bits per heavy atom. The second-order valence-corrected chi connectivity index (χ2v) is 5.98. The molecule has 0 aliphatic carbocycles. The predicted molar refractivity (Wildman–Crippen MR) is 86.2 cm³/mol. The minimum absolute atomic E-state index is 0.0353. The summed E-state index contributed by atoms with van der Waals surface area (Å²) in [6.07, 6.45) is 0.747. The summed E-state index contributed by atoms with van der Waals surface area (Å²) >= 11 is 9.34. The van der Waals surface area contributed by atoms with Gasteiger partial charge in [-0.05, 0) is 59.1 Å². The van der Waals surface area contributed by atoms with E-state index in [0.29, 0.717) is 10.6 Å². The molecule has 1 N–H and O–H groups in total. The second-order valence-electron chi connectivity index (χ2n) is 4.69. The van der Waals surface area contributed by atoms with Gasteiger partial charge in [0.2, 0.25) is 0 Å². The lowest BCUT2D eigenvalue weighted by Crippen LogP contribution is -2.34. The molecule has 20 heavy (non-hydrogen) atoms. The molecule has 0 radical (unpaired) electrons. The summed E-state index contributed by atoms with van der Waals surface area (Å²) in [5.41, 5.74) is 1.75. The van der Waals surface area contributed by atoms with Crippen LogP contribution in [0.2, 0.25) is 5.02 Å². The van der Waals surface area contributed by atoms with Crippen LogP contribution in [0.5, 0.6) is 0 Å². The molecule has 0 aromatic heterocycles. The number of hydrogen-bond acceptors (Lipinski definition) is 1. The topological polar surface area (TPSA) is 29.1 Å². The molecule has 0 bridgehead atoms. The molecule has 0 aliphatic rings. The first kappa shape index (κ1) is 15.1. The maximum atomic E-state index is 12.2. The van der Waals surface area contributed by atoms with E-state index < -0.39 is 0 Å². The smallest absolute Gasteiger partial charge is 0.252 e. The van der Waals surface area contributed by atoms with Crippen molar-refractivity contribution in [3.05, 3.63) is 69.2 Å². The third-order valence-corrected chi connectivity index (χ3v) is 3.85. The molecule has 2 aromatic carbocycles. The Morgan fingerprint density at radius 3 is 2.70 bits per heavy atom. The SMILES string of the molecule is C[C@H](Cc1cccc(Cl)c1)NC(=O)c1ccccc1Br. The van der Waals surface area contributed by atoms with E-state index in [-0.39, 0.29) is 11.9 Å². The summed E-state index contributed by atoms with van der Waals surface area (Å²) in [6, 6.07) is 15.1. The molecule has 0 aliphatic heterocycles. The number of hydrogen-bond donors (Lipinski definition) is 1. The molecule has 0 saturated heterocycles. The van der Waals surface area contributed by atoms with Crippen LogP contribution in [0.25, 0.3) is 0 Å². The molecule has 0 saturated carbocycles. The Hall–Kier alpha value is -1.32. The van der Waals surface area contributed by atoms with Crippen LogP contribution in [0.4, 0.5) is 0 Å². The maximum Gasteiger partial charge on any atom is 0.252 e. The summed E-state index contributed by atoms with van der Waals surface area (Å²) in [6.45, 7) is 1.98. The van der Waals surface area contributed by atoms with Gasteiger partial charge in [0.25, 0.3) is 5.91 Å². The zero-order valence-corrected chi connectivity index (χ0v) is 13.4. The van der Waals surface area contributed by atoms with Gasteiger partial charge in [0.1, 0.15) is 0 Å². The first-order chi connectivity index (χ1) is 9.56. The van der Waals surface area contributed by atoms with Crippen molar-refractivity contribution in [2.75, 3.05) is 0 Å². The first-order valence-corrected chi connectivity index (χ1v) is 7.53. The first-order valence-electron chi connectivity index (χ1n) is 6.36. The van der Waals surface area contributed by atoms with Crippen LogP contribution >= 0.6 is 27.5 Å². The molecule has 1 atom stereocenters. The van der Waals surface area contributed by atoms with Gasteiger partial charge >= 0.3 is 0 Å². The van der Waals surface area contributed by atoms with E-state index in [2.05, 4.69) is 21.2 Å². The molecule has 2 nitrogen and oxygen atoms in total. The number of carbonyl (C=O) groups is 1. The summed E-state index contributed by atoms with van der Waals surface area (Å²) in [5.74, 6) is -0.0768. The lowest BCUT2D eigenvalue weighted by Gasteiger charge is -2.15. The molecule has 0 fully saturated rings. The van der Waals surface area contributed by atoms with Gasteiger partial charge in [-0.15, -0.1) is 0 Å². The summed E-state index contributed by atoms with van der Waals surface area (Å²) in [5, 5.41) is 3.71. The zero-order valence-electron chi connectivity index (χ0n) is 11.1. The molecule has 1 amide bonds. The van der Waals surface area contributed by atoms with E-state index in [1.165, 1.54) is 0 Å². The number of rotatable bonds is 4. The van der Waals surface area contributed by atoms with Crippen LogP contribution in [0.15, 0.2) is 53.0 Å². The predicted octanol–water partition coefficient (Wildman–Crippen LogP) is 4.46. The number of amides is 1. The van der Waals surface area contributed by atoms with Crippen molar-refractivity contribution in [3.63, 3.8) is 0 Å². The summed E-state index contributed by atoms with van der Waals surface area (Å²) < 4.78 is 0.799. The molecule has 0 unspecified atom stereocenters. The summed E-state index contributed by atoms with van der Waals surface area (Å²) in [4.78, 5) is 12.2. The van der Waals surface area contributed by atoms with E-state index in [4.69, 9.17) is 11.6 Å². The van der Waals surface area contributed by atoms with Crippen LogP contribution in [0, 0.1) is 0 Å². The highest BCUT2D eigenvalue weighted by Crippen LogP contribution is 2.16. The van der Waals surface area contributed by atoms with Gasteiger partial charge < -0.3 is 5.32 Å². The van der Waals surface area contributed by atoms with Crippen LogP contribution in [0.1, 0.15) is 22.8 Å². The van der Waals surface area contributed by atoms with E-state index in [1.54, 1.807) is 6.07 Å². The normalized spacial score (nSPS) is 11.9. The molecule has 0 heterocycles. The Labute approximate surface area is 132 Å². The number of nitrogens with one attached hydrogen (secondary N) is 1. The Bertz CT molecular complexity index is 615. The number of halogens is 2. The fraction of sp³-hybridized carbons (Fsp3) is 0.188. The average molecular weight is 353 g/mol. The lowest BCUT2D eigenvalue weighted by molar-refractivity contribution is 0.0939. The number of carbonyl (C=O) groups excluding carboxylic acids is 1. The van der Waals surface area contributed by atoms with Gasteiger partial charge in [-0.2, -0.15) is 0 Å². The van der Waals surface area contributed by atoms with Crippen molar-refractivity contribution in [1.82, 2.24) is 5.32 Å². The fourth-order valence-electron chi connectivity index (χ4n) is 2.02. The molecule has 4 heteroatoms. The van der Waals surface area contributed by atoms with Crippen LogP contribution < -0.4 is 5.32 Å². The fourth-order valence-corrected chi connectivity index (χ4v) is 2.69. The van der Waals surface area contributed by atoms with Gasteiger partial charge in [0, 0.05) is 15.5 Å². The highest BCUT2D eigenvalue weighted by Gasteiger charge is 2.12. The van der Waals surface area contributed by atoms with Crippen LogP contribution in [-0.4, -0.2) is 11.9 Å². The maximum absolute atomic E-state index is 12.2. The van der Waals surface area contributed by atoms with Crippen molar-refractivity contribution in [3.8, 4) is 0 Å². The van der Waals surface area contributed by atoms with Crippen molar-refractivity contribution < 1.29 is 4.79 Å². The second kappa shape index (κ2) is 6.91. The largest absolute Gasteiger partial charge is 0.349 e. The van der Waals surface area contributed by atoms with Crippen molar-refractivity contribution in [1.29, 1.82) is 0 Å². The van der Waals surface area contributed by atoms with E-state index in [9.17, 15) is 4.79 Å². The summed E-state index contributed by atoms with van der Waals surface area (Å²) in [7, 11) is 0. The van der Waals surface area contributed by atoms with Gasteiger partial charge in [0.15, 0.2) is 0 Å². The molecular formula is C16H15BrClNO. The average Bonchev–Trinajstić information content (AvgIpc) is 2.38. The van der Waals surface area contributed by atoms with Gasteiger partial charge in [0.05, 0.1) is 5.56 Å². The van der Waals surface area contributed by atoms with Crippen molar-refractivity contribution in [2.45, 2.75) is 19.4 Å². The lowest BCUT2D eigenvalue weighted by atomic mass is 10.1. The molecule has 2 rings (SSSR count). The molecule has 2 aromatic rings. The quantitative estimate of drug-likeness (QED) is 0.864. The molecule has 104 valence electrons. The third-order valence-electron chi connectivity index (χ3n) is 2.93. The third kappa shape index (κ3) is 4.09. The minimum Gasteiger partial charge on any atom is -0.349 e. The van der Waals surface area contributed by atoms with Gasteiger partial charge in [-0.25, -0.2) is 0 Å². The standard InChI is InChI=1S/C16H15BrClNO/c1-11(9-12-5-4-6-13(18)10-12)19-16(20)14-7-2-3-8-15(14)17/h2-8,10-11H,9H2,1H3,(H,19,20)/t11-/m1/s1. The minimum atomic E-state index is -0.0768. The highest BCUT2D eigenvalue weighted by molar-refractivity contribution is 9.10. The molecular weight excluding hydrogens is 338 g/mol. The van der Waals surface area contributed by atoms with Crippen molar-refractivity contribution >= 4 is 33.4 Å². The Balaban J connectivity index is 2.00. The molecule has 0 spiro atoms. The van der Waals surface area contributed by atoms with Crippen LogP contribution in [0.3, 0.4) is 0 Å².